The molecule has 0 saturated heterocycles. The van der Waals surface area contributed by atoms with E-state index in [4.69, 9.17) is 10.6 Å². The summed E-state index contributed by atoms with van der Waals surface area (Å²) in [6.07, 6.45) is 0.0935. The molecule has 9 nitrogen and oxygen atoms in total. The summed E-state index contributed by atoms with van der Waals surface area (Å²) in [5.74, 6) is 4.26. The van der Waals surface area contributed by atoms with Crippen LogP contribution < -0.4 is 11.3 Å². The van der Waals surface area contributed by atoms with Gasteiger partial charge in [0.05, 0.1) is 17.1 Å². The van der Waals surface area contributed by atoms with Crippen LogP contribution in [0.3, 0.4) is 0 Å². The Morgan fingerprint density at radius 3 is 2.69 bits per heavy atom. The van der Waals surface area contributed by atoms with Crippen LogP contribution in [0, 0.1) is 17.0 Å². The molecule has 138 valence electrons. The minimum atomic E-state index is -0.488. The number of hydrogen-bond donors (Lipinski definition) is 2. The molecule has 0 unspecified atom stereocenters. The topological polar surface area (TPSA) is 129 Å². The SMILES string of the molecule is CCOC(=O)c1cc(-c2cccc([N+](=O)[O-])c2)n(CCC(=O)NN)c1C. The molecule has 1 aromatic heterocycles. The first-order valence-electron chi connectivity index (χ1n) is 8.00. The number of esters is 1. The van der Waals surface area contributed by atoms with Gasteiger partial charge in [-0.2, -0.15) is 0 Å². The normalized spacial score (nSPS) is 10.4. The number of nitro groups is 1. The molecule has 1 amide bonds. The fourth-order valence-electron chi connectivity index (χ4n) is 2.65. The van der Waals surface area contributed by atoms with E-state index in [1.54, 1.807) is 36.6 Å². The van der Waals surface area contributed by atoms with Gasteiger partial charge in [0.25, 0.3) is 5.69 Å². The van der Waals surface area contributed by atoms with E-state index in [2.05, 4.69) is 5.43 Å². The minimum absolute atomic E-state index is 0.0645. The Morgan fingerprint density at radius 2 is 2.08 bits per heavy atom. The van der Waals surface area contributed by atoms with Gasteiger partial charge in [-0.3, -0.25) is 20.3 Å². The highest BCUT2D eigenvalue weighted by Crippen LogP contribution is 2.29. The number of hydrogen-bond acceptors (Lipinski definition) is 6. The summed E-state index contributed by atoms with van der Waals surface area (Å²) < 4.78 is 6.81. The Hall–Kier alpha value is -3.20. The molecule has 26 heavy (non-hydrogen) atoms. The highest BCUT2D eigenvalue weighted by atomic mass is 16.6. The Kier molecular flexibility index (Phi) is 6.07. The Morgan fingerprint density at radius 1 is 1.35 bits per heavy atom. The number of benzene rings is 1. The maximum Gasteiger partial charge on any atom is 0.339 e. The van der Waals surface area contributed by atoms with Gasteiger partial charge in [0.1, 0.15) is 0 Å². The van der Waals surface area contributed by atoms with Gasteiger partial charge in [-0.1, -0.05) is 12.1 Å². The van der Waals surface area contributed by atoms with Gasteiger partial charge >= 0.3 is 5.97 Å². The third-order valence-electron chi connectivity index (χ3n) is 3.94. The number of hydrazine groups is 1. The molecule has 0 bridgehead atoms. The second kappa shape index (κ2) is 8.26. The molecule has 0 atom stereocenters. The van der Waals surface area contributed by atoms with Crippen molar-refractivity contribution in [1.29, 1.82) is 0 Å². The number of nitrogens with zero attached hydrogens (tertiary/aromatic N) is 2. The number of rotatable bonds is 7. The summed E-state index contributed by atoms with van der Waals surface area (Å²) in [6, 6.07) is 7.70. The fourth-order valence-corrected chi connectivity index (χ4v) is 2.65. The van der Waals surface area contributed by atoms with E-state index in [0.717, 1.165) is 0 Å². The van der Waals surface area contributed by atoms with E-state index >= 15 is 0 Å². The summed E-state index contributed by atoms with van der Waals surface area (Å²) in [5, 5.41) is 11.0. The Labute approximate surface area is 149 Å². The van der Waals surface area contributed by atoms with Crippen molar-refractivity contribution >= 4 is 17.6 Å². The highest BCUT2D eigenvalue weighted by Gasteiger charge is 2.21. The van der Waals surface area contributed by atoms with Crippen molar-refractivity contribution < 1.29 is 19.2 Å². The van der Waals surface area contributed by atoms with Gasteiger partial charge in [0.2, 0.25) is 5.91 Å². The number of carbonyl (C=O) groups excluding carboxylic acids is 2. The fraction of sp³-hybridized carbons (Fsp3) is 0.294. The summed E-state index contributed by atoms with van der Waals surface area (Å²) in [6.45, 7) is 3.92. The molecule has 9 heteroatoms. The molecule has 2 rings (SSSR count). The number of nitrogens with one attached hydrogen (secondary N) is 1. The molecule has 0 spiro atoms. The summed E-state index contributed by atoms with van der Waals surface area (Å²) >= 11 is 0. The predicted octanol–water partition coefficient (Wildman–Crippen LogP) is 1.93. The quantitative estimate of drug-likeness (QED) is 0.255. The van der Waals surface area contributed by atoms with Crippen LogP contribution in [0.15, 0.2) is 30.3 Å². The van der Waals surface area contributed by atoms with Crippen molar-refractivity contribution in [3.8, 4) is 11.3 Å². The highest BCUT2D eigenvalue weighted by molar-refractivity contribution is 5.93. The number of ether oxygens (including phenoxy) is 1. The summed E-state index contributed by atoms with van der Waals surface area (Å²) in [4.78, 5) is 34.2. The molecule has 2 aromatic rings. The lowest BCUT2D eigenvalue weighted by atomic mass is 10.1. The lowest BCUT2D eigenvalue weighted by Crippen LogP contribution is -2.30. The van der Waals surface area contributed by atoms with Crippen LogP contribution in [0.25, 0.3) is 11.3 Å². The van der Waals surface area contributed by atoms with Crippen LogP contribution in [-0.4, -0.2) is 28.0 Å². The molecule has 0 aliphatic rings. The monoisotopic (exact) mass is 360 g/mol. The van der Waals surface area contributed by atoms with Gasteiger partial charge in [-0.25, -0.2) is 10.6 Å². The molecular formula is C17H20N4O5. The summed E-state index contributed by atoms with van der Waals surface area (Å²) in [5.41, 5.74) is 4.09. The van der Waals surface area contributed by atoms with Crippen molar-refractivity contribution in [1.82, 2.24) is 9.99 Å². The zero-order valence-corrected chi connectivity index (χ0v) is 14.5. The van der Waals surface area contributed by atoms with Crippen molar-refractivity contribution in [2.75, 3.05) is 6.61 Å². The Bertz CT molecular complexity index is 844. The summed E-state index contributed by atoms with van der Waals surface area (Å²) in [7, 11) is 0. The molecule has 0 aliphatic heterocycles. The zero-order chi connectivity index (χ0) is 19.3. The number of nitro benzene ring substituents is 1. The maximum atomic E-state index is 12.2. The largest absolute Gasteiger partial charge is 0.462 e. The average Bonchev–Trinajstić information content (AvgIpc) is 2.96. The lowest BCUT2D eigenvalue weighted by Gasteiger charge is -2.11. The third kappa shape index (κ3) is 4.06. The van der Waals surface area contributed by atoms with E-state index < -0.39 is 10.9 Å². The van der Waals surface area contributed by atoms with Crippen molar-refractivity contribution in [3.05, 3.63) is 51.7 Å². The molecule has 1 heterocycles. The van der Waals surface area contributed by atoms with E-state index in [9.17, 15) is 19.7 Å². The molecule has 3 N–H and O–H groups in total. The lowest BCUT2D eigenvalue weighted by molar-refractivity contribution is -0.384. The van der Waals surface area contributed by atoms with Crippen LogP contribution >= 0.6 is 0 Å². The van der Waals surface area contributed by atoms with Gasteiger partial charge < -0.3 is 9.30 Å². The van der Waals surface area contributed by atoms with E-state index in [1.165, 1.54) is 12.1 Å². The molecule has 0 fully saturated rings. The van der Waals surface area contributed by atoms with E-state index in [1.807, 2.05) is 0 Å². The van der Waals surface area contributed by atoms with Crippen LogP contribution in [-0.2, 0) is 16.1 Å². The second-order valence-electron chi connectivity index (χ2n) is 5.53. The maximum absolute atomic E-state index is 12.2. The number of amides is 1. The zero-order valence-electron chi connectivity index (χ0n) is 14.5. The predicted molar refractivity (Wildman–Crippen MR) is 94.2 cm³/mol. The van der Waals surface area contributed by atoms with Gasteiger partial charge in [-0.15, -0.1) is 0 Å². The van der Waals surface area contributed by atoms with Crippen molar-refractivity contribution in [2.45, 2.75) is 26.8 Å². The molecular weight excluding hydrogens is 340 g/mol. The van der Waals surface area contributed by atoms with E-state index in [0.29, 0.717) is 22.5 Å². The number of nitrogens with two attached hydrogens (primary N) is 1. The van der Waals surface area contributed by atoms with Gasteiger partial charge in [-0.05, 0) is 19.9 Å². The molecule has 0 radical (unpaired) electrons. The number of carbonyl (C=O) groups is 2. The van der Waals surface area contributed by atoms with Crippen LogP contribution in [0.2, 0.25) is 0 Å². The number of non-ortho nitro benzene ring substituents is 1. The van der Waals surface area contributed by atoms with E-state index in [-0.39, 0.29) is 31.2 Å². The first kappa shape index (κ1) is 19.1. The van der Waals surface area contributed by atoms with Crippen LogP contribution in [0.1, 0.15) is 29.4 Å². The number of aromatic nitrogens is 1. The molecule has 0 aliphatic carbocycles. The second-order valence-corrected chi connectivity index (χ2v) is 5.53. The van der Waals surface area contributed by atoms with Crippen LogP contribution in [0.5, 0.6) is 0 Å². The van der Waals surface area contributed by atoms with Crippen molar-refractivity contribution in [2.24, 2.45) is 5.84 Å². The Balaban J connectivity index is 2.53. The first-order chi connectivity index (χ1) is 12.4. The smallest absolute Gasteiger partial charge is 0.339 e. The third-order valence-corrected chi connectivity index (χ3v) is 3.94. The van der Waals surface area contributed by atoms with Crippen LogP contribution in [0.4, 0.5) is 5.69 Å². The average molecular weight is 360 g/mol. The first-order valence-corrected chi connectivity index (χ1v) is 8.00. The van der Waals surface area contributed by atoms with Gasteiger partial charge in [0, 0.05) is 42.0 Å². The van der Waals surface area contributed by atoms with Crippen molar-refractivity contribution in [3.63, 3.8) is 0 Å². The molecule has 1 aromatic carbocycles. The van der Waals surface area contributed by atoms with Gasteiger partial charge in [0.15, 0.2) is 0 Å². The minimum Gasteiger partial charge on any atom is -0.462 e. The standard InChI is InChI=1S/C17H20N4O5/c1-3-26-17(23)14-10-15(12-5-4-6-13(9-12)21(24)25)20(11(14)2)8-7-16(22)19-18/h4-6,9-10H,3,7-8,18H2,1-2H3,(H,19,22). The molecule has 0 saturated carbocycles.